The number of carbonyl (C=O) groups excluding carboxylic acids is 1. The first-order valence-electron chi connectivity index (χ1n) is 11.8. The van der Waals surface area contributed by atoms with Gasteiger partial charge >= 0.3 is 0 Å². The quantitative estimate of drug-likeness (QED) is 0.383. The van der Waals surface area contributed by atoms with Gasteiger partial charge in [0, 0.05) is 43.5 Å². The summed E-state index contributed by atoms with van der Waals surface area (Å²) in [5.74, 6) is -0.372. The van der Waals surface area contributed by atoms with E-state index in [-0.39, 0.29) is 28.9 Å². The zero-order chi connectivity index (χ0) is 27.1. The van der Waals surface area contributed by atoms with Crippen molar-refractivity contribution >= 4 is 27.0 Å². The van der Waals surface area contributed by atoms with Crippen LogP contribution in [0.25, 0.3) is 22.3 Å². The number of benzene rings is 1. The lowest BCUT2D eigenvalue weighted by molar-refractivity contribution is 0.0952. The third-order valence-corrected chi connectivity index (χ3v) is 7.98. The van der Waals surface area contributed by atoms with Crippen LogP contribution in [0.1, 0.15) is 47.1 Å². The minimum atomic E-state index is -3.58. The molecule has 0 radical (unpaired) electrons. The first-order chi connectivity index (χ1) is 17.4. The van der Waals surface area contributed by atoms with Crippen molar-refractivity contribution in [3.63, 3.8) is 0 Å². The fraction of sp³-hybridized carbons (Fsp3) is 0.308. The van der Waals surface area contributed by atoms with E-state index in [0.29, 0.717) is 33.4 Å². The number of nitrogens with one attached hydrogen (secondary N) is 2. The fourth-order valence-electron chi connectivity index (χ4n) is 4.11. The predicted octanol–water partition coefficient (Wildman–Crippen LogP) is 3.16. The Morgan fingerprint density at radius 1 is 1.14 bits per heavy atom. The smallest absolute Gasteiger partial charge is 0.253 e. The number of sulfonamides is 1. The lowest BCUT2D eigenvalue weighted by atomic mass is 10.1. The monoisotopic (exact) mass is 522 g/mol. The summed E-state index contributed by atoms with van der Waals surface area (Å²) in [7, 11) is -0.628. The Labute approximate surface area is 215 Å². The van der Waals surface area contributed by atoms with Gasteiger partial charge in [-0.2, -0.15) is 5.10 Å². The van der Waals surface area contributed by atoms with E-state index in [1.807, 2.05) is 26.8 Å². The van der Waals surface area contributed by atoms with Crippen molar-refractivity contribution in [3.05, 3.63) is 75.3 Å². The van der Waals surface area contributed by atoms with Gasteiger partial charge in [-0.25, -0.2) is 22.4 Å². The summed E-state index contributed by atoms with van der Waals surface area (Å²) in [6, 6.07) is 9.88. The number of hydrogen-bond acceptors (Lipinski definition) is 6. The van der Waals surface area contributed by atoms with E-state index in [1.165, 1.54) is 26.2 Å². The molecular formula is C26H30N6O4S. The van der Waals surface area contributed by atoms with Crippen LogP contribution >= 0.6 is 0 Å². The van der Waals surface area contributed by atoms with Gasteiger partial charge in [0.25, 0.3) is 11.5 Å². The van der Waals surface area contributed by atoms with E-state index in [4.69, 9.17) is 4.98 Å². The highest BCUT2D eigenvalue weighted by atomic mass is 32.2. The molecule has 10 nitrogen and oxygen atoms in total. The molecule has 0 saturated heterocycles. The summed E-state index contributed by atoms with van der Waals surface area (Å²) in [6.45, 7) is 7.64. The number of nitrogens with zero attached hydrogens (tertiary/aromatic N) is 4. The number of amides is 1. The van der Waals surface area contributed by atoms with Crippen LogP contribution in [0.2, 0.25) is 0 Å². The number of H-pyrrole nitrogens is 1. The molecule has 0 aliphatic heterocycles. The number of aromatic nitrogens is 4. The summed E-state index contributed by atoms with van der Waals surface area (Å²) < 4.78 is 27.8. The van der Waals surface area contributed by atoms with E-state index in [9.17, 15) is 18.0 Å². The molecule has 0 bridgehead atoms. The van der Waals surface area contributed by atoms with E-state index in [1.54, 1.807) is 36.0 Å². The second-order valence-corrected chi connectivity index (χ2v) is 11.6. The molecule has 0 spiro atoms. The average Bonchev–Trinajstić information content (AvgIpc) is 3.27. The molecule has 37 heavy (non-hydrogen) atoms. The first-order valence-corrected chi connectivity index (χ1v) is 13.2. The zero-order valence-electron chi connectivity index (χ0n) is 21.7. The molecule has 0 saturated carbocycles. The van der Waals surface area contributed by atoms with E-state index in [2.05, 4.69) is 15.4 Å². The van der Waals surface area contributed by atoms with Crippen LogP contribution in [-0.4, -0.2) is 52.5 Å². The van der Waals surface area contributed by atoms with Gasteiger partial charge in [-0.15, -0.1) is 0 Å². The molecule has 4 aromatic rings. The second-order valence-electron chi connectivity index (χ2n) is 9.41. The summed E-state index contributed by atoms with van der Waals surface area (Å²) in [5.41, 5.74) is 3.84. The van der Waals surface area contributed by atoms with Gasteiger partial charge in [-0.1, -0.05) is 12.1 Å². The van der Waals surface area contributed by atoms with Gasteiger partial charge in [0.15, 0.2) is 5.65 Å². The van der Waals surface area contributed by atoms with Crippen LogP contribution < -0.4 is 10.9 Å². The van der Waals surface area contributed by atoms with Gasteiger partial charge in [0.2, 0.25) is 10.0 Å². The van der Waals surface area contributed by atoms with Crippen LogP contribution in [-0.2, 0) is 16.6 Å². The molecule has 0 aliphatic carbocycles. The van der Waals surface area contributed by atoms with Crippen molar-refractivity contribution in [3.8, 4) is 11.3 Å². The molecule has 0 aliphatic rings. The van der Waals surface area contributed by atoms with Crippen molar-refractivity contribution in [1.29, 1.82) is 0 Å². The van der Waals surface area contributed by atoms with Gasteiger partial charge in [0.1, 0.15) is 0 Å². The molecule has 194 valence electrons. The topological polar surface area (TPSA) is 130 Å². The molecule has 2 N–H and O–H groups in total. The largest absolute Gasteiger partial charge is 0.348 e. The summed E-state index contributed by atoms with van der Waals surface area (Å²) >= 11 is 0. The molecule has 3 heterocycles. The number of pyridine rings is 2. The van der Waals surface area contributed by atoms with Crippen LogP contribution in [0.15, 0.2) is 52.3 Å². The van der Waals surface area contributed by atoms with Crippen LogP contribution in [0.4, 0.5) is 0 Å². The number of aromatic amines is 1. The van der Waals surface area contributed by atoms with E-state index >= 15 is 0 Å². The maximum Gasteiger partial charge on any atom is 0.253 e. The zero-order valence-corrected chi connectivity index (χ0v) is 22.5. The van der Waals surface area contributed by atoms with Gasteiger partial charge in [-0.05, 0) is 57.5 Å². The summed E-state index contributed by atoms with van der Waals surface area (Å²) in [6.07, 6.45) is 1.61. The predicted molar refractivity (Wildman–Crippen MR) is 142 cm³/mol. The molecular weight excluding hydrogens is 492 g/mol. The molecule has 0 fully saturated rings. The molecule has 11 heteroatoms. The molecule has 1 aromatic carbocycles. The third-order valence-electron chi connectivity index (χ3n) is 6.15. The maximum absolute atomic E-state index is 13.4. The fourth-order valence-corrected chi connectivity index (χ4v) is 5.01. The van der Waals surface area contributed by atoms with E-state index in [0.717, 1.165) is 15.6 Å². The van der Waals surface area contributed by atoms with Crippen molar-refractivity contribution in [1.82, 2.24) is 29.4 Å². The minimum absolute atomic E-state index is 0.00228. The lowest BCUT2D eigenvalue weighted by Crippen LogP contribution is -2.28. The Morgan fingerprint density at radius 3 is 2.41 bits per heavy atom. The van der Waals surface area contributed by atoms with Gasteiger partial charge in [0.05, 0.1) is 27.7 Å². The Balaban J connectivity index is 1.76. The maximum atomic E-state index is 13.4. The van der Waals surface area contributed by atoms with Gasteiger partial charge < -0.3 is 10.3 Å². The van der Waals surface area contributed by atoms with Crippen molar-refractivity contribution in [2.45, 2.75) is 45.2 Å². The Bertz CT molecular complexity index is 1650. The SMILES string of the molecule is Cc1cc(C)c(CNC(=O)c2cc(-c3ccc(S(=O)(=O)N(C)C)cc3)nc3c2cnn3C(C)C)c(=O)[nH]1. The molecule has 4 rings (SSSR count). The molecule has 1 amide bonds. The number of hydrogen-bond donors (Lipinski definition) is 2. The summed E-state index contributed by atoms with van der Waals surface area (Å²) in [4.78, 5) is 33.5. The highest BCUT2D eigenvalue weighted by Crippen LogP contribution is 2.27. The highest BCUT2D eigenvalue weighted by molar-refractivity contribution is 7.89. The van der Waals surface area contributed by atoms with Crippen LogP contribution in [0.3, 0.4) is 0 Å². The Kier molecular flexibility index (Phi) is 7.03. The number of aryl methyl sites for hydroxylation is 2. The second kappa shape index (κ2) is 9.91. The average molecular weight is 523 g/mol. The van der Waals surface area contributed by atoms with Crippen LogP contribution in [0.5, 0.6) is 0 Å². The van der Waals surface area contributed by atoms with Crippen molar-refractivity contribution < 1.29 is 13.2 Å². The minimum Gasteiger partial charge on any atom is -0.348 e. The standard InChI is InChI=1S/C26H30N6O4S/c1-15(2)32-24-22(14-28-32)20(25(33)27-13-21-16(3)11-17(4)29-26(21)34)12-23(30-24)18-7-9-19(10-8-18)37(35,36)31(5)6/h7-12,14-15H,13H2,1-6H3,(H,27,33)(H,29,34). The van der Waals surface area contributed by atoms with Crippen molar-refractivity contribution in [2.24, 2.45) is 0 Å². The van der Waals surface area contributed by atoms with Crippen LogP contribution in [0, 0.1) is 13.8 Å². The number of carbonyl (C=O) groups is 1. The van der Waals surface area contributed by atoms with E-state index < -0.39 is 10.0 Å². The Morgan fingerprint density at radius 2 is 1.81 bits per heavy atom. The lowest BCUT2D eigenvalue weighted by Gasteiger charge is -2.13. The highest BCUT2D eigenvalue weighted by Gasteiger charge is 2.21. The molecule has 3 aromatic heterocycles. The molecule has 0 atom stereocenters. The number of fused-ring (bicyclic) bond motifs is 1. The van der Waals surface area contributed by atoms with Crippen molar-refractivity contribution in [2.75, 3.05) is 14.1 Å². The van der Waals surface area contributed by atoms with Gasteiger partial charge in [-0.3, -0.25) is 9.59 Å². The normalized spacial score (nSPS) is 12.0. The number of rotatable bonds is 7. The Hall–Kier alpha value is -3.83. The third kappa shape index (κ3) is 5.05. The molecule has 0 unspecified atom stereocenters. The summed E-state index contributed by atoms with van der Waals surface area (Å²) in [5, 5.41) is 7.87. The first kappa shape index (κ1) is 26.2.